The normalized spacial score (nSPS) is 15.8. The van der Waals surface area contributed by atoms with Gasteiger partial charge >= 0.3 is 0 Å². The summed E-state index contributed by atoms with van der Waals surface area (Å²) < 4.78 is 3.56. The molecule has 3 aromatic heterocycles. The zero-order valence-electron chi connectivity index (χ0n) is 13.5. The minimum Gasteiger partial charge on any atom is -0.355 e. The Labute approximate surface area is 139 Å². The van der Waals surface area contributed by atoms with Gasteiger partial charge in [-0.25, -0.2) is 14.5 Å². The third-order valence-electron chi connectivity index (χ3n) is 4.48. The van der Waals surface area contributed by atoms with Crippen molar-refractivity contribution >= 4 is 17.2 Å². The van der Waals surface area contributed by atoms with E-state index >= 15 is 0 Å². The van der Waals surface area contributed by atoms with E-state index in [-0.39, 0.29) is 11.9 Å². The number of carbonyl (C=O) groups excluding carboxylic acids is 1. The number of hydrogen-bond acceptors (Lipinski definition) is 5. The van der Waals surface area contributed by atoms with E-state index < -0.39 is 0 Å². The lowest BCUT2D eigenvalue weighted by Gasteiger charge is -2.33. The van der Waals surface area contributed by atoms with Crippen LogP contribution in [0.2, 0.25) is 0 Å². The lowest BCUT2D eigenvalue weighted by atomic mass is 10.0. The van der Waals surface area contributed by atoms with Gasteiger partial charge in [0.25, 0.3) is 5.91 Å². The van der Waals surface area contributed by atoms with E-state index in [9.17, 15) is 4.79 Å². The van der Waals surface area contributed by atoms with Crippen LogP contribution in [0, 0.1) is 0 Å². The van der Waals surface area contributed by atoms with E-state index in [1.165, 1.54) is 0 Å². The highest BCUT2D eigenvalue weighted by molar-refractivity contribution is 5.92. The number of hydrogen-bond donors (Lipinski definition) is 1. The van der Waals surface area contributed by atoms with Crippen molar-refractivity contribution in [2.75, 3.05) is 18.0 Å². The van der Waals surface area contributed by atoms with Gasteiger partial charge in [-0.05, 0) is 18.9 Å². The number of aryl methyl sites for hydroxylation is 1. The first kappa shape index (κ1) is 14.7. The molecule has 0 bridgehead atoms. The van der Waals surface area contributed by atoms with Crippen LogP contribution in [-0.2, 0) is 7.05 Å². The van der Waals surface area contributed by atoms with E-state index in [1.54, 1.807) is 29.5 Å². The molecular formula is C16H19N7O. The first-order chi connectivity index (χ1) is 11.7. The van der Waals surface area contributed by atoms with Gasteiger partial charge in [0, 0.05) is 38.6 Å². The second-order valence-corrected chi connectivity index (χ2v) is 6.04. The maximum Gasteiger partial charge on any atom is 0.269 e. The molecule has 8 heteroatoms. The fraction of sp³-hybridized carbons (Fsp3) is 0.375. The quantitative estimate of drug-likeness (QED) is 0.772. The molecule has 4 rings (SSSR count). The number of nitrogens with zero attached hydrogens (tertiary/aromatic N) is 6. The van der Waals surface area contributed by atoms with Crippen LogP contribution in [0.4, 0.5) is 5.82 Å². The van der Waals surface area contributed by atoms with Gasteiger partial charge in [-0.3, -0.25) is 4.79 Å². The summed E-state index contributed by atoms with van der Waals surface area (Å²) in [5.74, 6) is 0.885. The molecule has 1 amide bonds. The lowest BCUT2D eigenvalue weighted by molar-refractivity contribution is 0.0923. The SMILES string of the molecule is Cn1cncc1C(=O)NC1CCN(c2nccn3nccc23)CC1. The van der Waals surface area contributed by atoms with Gasteiger partial charge in [0.15, 0.2) is 5.82 Å². The highest BCUT2D eigenvalue weighted by Crippen LogP contribution is 2.22. The highest BCUT2D eigenvalue weighted by Gasteiger charge is 2.24. The van der Waals surface area contributed by atoms with Crippen molar-refractivity contribution < 1.29 is 4.79 Å². The van der Waals surface area contributed by atoms with Gasteiger partial charge in [-0.15, -0.1) is 0 Å². The van der Waals surface area contributed by atoms with Gasteiger partial charge < -0.3 is 14.8 Å². The molecule has 0 atom stereocenters. The minimum absolute atomic E-state index is 0.0653. The highest BCUT2D eigenvalue weighted by atomic mass is 16.2. The van der Waals surface area contributed by atoms with Crippen molar-refractivity contribution in [3.05, 3.63) is 42.9 Å². The summed E-state index contributed by atoms with van der Waals surface area (Å²) in [6, 6.07) is 2.15. The van der Waals surface area contributed by atoms with Gasteiger partial charge in [-0.2, -0.15) is 5.10 Å². The van der Waals surface area contributed by atoms with Crippen molar-refractivity contribution in [3.63, 3.8) is 0 Å². The van der Waals surface area contributed by atoms with Crippen LogP contribution < -0.4 is 10.2 Å². The van der Waals surface area contributed by atoms with Crippen LogP contribution in [0.15, 0.2) is 37.2 Å². The first-order valence-electron chi connectivity index (χ1n) is 8.03. The fourth-order valence-electron chi connectivity index (χ4n) is 3.16. The van der Waals surface area contributed by atoms with E-state index in [1.807, 2.05) is 23.8 Å². The summed E-state index contributed by atoms with van der Waals surface area (Å²) in [6.07, 6.45) is 10.4. The van der Waals surface area contributed by atoms with Gasteiger partial charge in [0.2, 0.25) is 0 Å². The average Bonchev–Trinajstić information content (AvgIpc) is 3.23. The molecule has 1 saturated heterocycles. The van der Waals surface area contributed by atoms with Crippen LogP contribution in [0.25, 0.3) is 5.52 Å². The number of aromatic nitrogens is 5. The van der Waals surface area contributed by atoms with Crippen LogP contribution >= 0.6 is 0 Å². The van der Waals surface area contributed by atoms with E-state index in [2.05, 4.69) is 25.3 Å². The largest absolute Gasteiger partial charge is 0.355 e. The molecule has 1 fully saturated rings. The monoisotopic (exact) mass is 325 g/mol. The standard InChI is InChI=1S/C16H19N7O/c1-21-11-17-10-14(21)16(24)20-12-3-7-22(8-4-12)15-13-2-5-19-23(13)9-6-18-15/h2,5-6,9-12H,3-4,7-8H2,1H3,(H,20,24). The Morgan fingerprint density at radius 3 is 2.88 bits per heavy atom. The molecule has 0 aromatic carbocycles. The molecule has 1 N–H and O–H groups in total. The molecule has 0 unspecified atom stereocenters. The molecule has 1 aliphatic heterocycles. The number of nitrogens with one attached hydrogen (secondary N) is 1. The van der Waals surface area contributed by atoms with Crippen molar-refractivity contribution in [3.8, 4) is 0 Å². The summed E-state index contributed by atoms with van der Waals surface area (Å²) in [5, 5.41) is 7.35. The molecule has 0 spiro atoms. The second kappa shape index (κ2) is 5.95. The van der Waals surface area contributed by atoms with Gasteiger partial charge in [-0.1, -0.05) is 0 Å². The Bertz CT molecular complexity index is 860. The zero-order valence-corrected chi connectivity index (χ0v) is 13.5. The first-order valence-corrected chi connectivity index (χ1v) is 8.03. The van der Waals surface area contributed by atoms with Crippen LogP contribution in [-0.4, -0.2) is 49.2 Å². The smallest absolute Gasteiger partial charge is 0.269 e. The zero-order chi connectivity index (χ0) is 16.5. The van der Waals surface area contributed by atoms with Crippen molar-refractivity contribution in [2.45, 2.75) is 18.9 Å². The number of rotatable bonds is 3. The number of amides is 1. The Morgan fingerprint density at radius 2 is 2.12 bits per heavy atom. The van der Waals surface area contributed by atoms with Crippen molar-refractivity contribution in [1.82, 2.24) is 29.5 Å². The summed E-state index contributed by atoms with van der Waals surface area (Å²) in [5.41, 5.74) is 1.60. The minimum atomic E-state index is -0.0653. The van der Waals surface area contributed by atoms with E-state index in [4.69, 9.17) is 0 Å². The van der Waals surface area contributed by atoms with Crippen molar-refractivity contribution in [1.29, 1.82) is 0 Å². The summed E-state index contributed by atoms with van der Waals surface area (Å²) in [6.45, 7) is 1.71. The molecule has 8 nitrogen and oxygen atoms in total. The maximum atomic E-state index is 12.3. The third kappa shape index (κ3) is 2.60. The number of anilines is 1. The molecule has 0 aliphatic carbocycles. The lowest BCUT2D eigenvalue weighted by Crippen LogP contribution is -2.45. The molecule has 3 aromatic rings. The molecule has 0 radical (unpaired) electrons. The maximum absolute atomic E-state index is 12.3. The summed E-state index contributed by atoms with van der Waals surface area (Å²) in [7, 11) is 1.82. The summed E-state index contributed by atoms with van der Waals surface area (Å²) >= 11 is 0. The predicted molar refractivity (Wildman–Crippen MR) is 88.9 cm³/mol. The van der Waals surface area contributed by atoms with E-state index in [0.29, 0.717) is 5.69 Å². The molecular weight excluding hydrogens is 306 g/mol. The number of piperidine rings is 1. The average molecular weight is 325 g/mol. The number of carbonyl (C=O) groups is 1. The Morgan fingerprint density at radius 1 is 1.29 bits per heavy atom. The van der Waals surface area contributed by atoms with Crippen LogP contribution in [0.3, 0.4) is 0 Å². The molecule has 4 heterocycles. The fourth-order valence-corrected chi connectivity index (χ4v) is 3.16. The Balaban J connectivity index is 1.41. The molecule has 124 valence electrons. The Hall–Kier alpha value is -2.90. The summed E-state index contributed by atoms with van der Waals surface area (Å²) in [4.78, 5) is 23.0. The topological polar surface area (TPSA) is 80.4 Å². The molecule has 0 saturated carbocycles. The van der Waals surface area contributed by atoms with Crippen LogP contribution in [0.1, 0.15) is 23.3 Å². The third-order valence-corrected chi connectivity index (χ3v) is 4.48. The number of fused-ring (bicyclic) bond motifs is 1. The second-order valence-electron chi connectivity index (χ2n) is 6.04. The van der Waals surface area contributed by atoms with Gasteiger partial charge in [0.1, 0.15) is 11.2 Å². The molecule has 1 aliphatic rings. The van der Waals surface area contributed by atoms with Crippen LogP contribution in [0.5, 0.6) is 0 Å². The number of imidazole rings is 1. The van der Waals surface area contributed by atoms with Crippen molar-refractivity contribution in [2.24, 2.45) is 7.05 Å². The van der Waals surface area contributed by atoms with Gasteiger partial charge in [0.05, 0.1) is 18.7 Å². The molecule has 24 heavy (non-hydrogen) atoms. The predicted octanol–water partition coefficient (Wildman–Crippen LogP) is 0.862. The van der Waals surface area contributed by atoms with E-state index in [0.717, 1.165) is 37.3 Å². The Kier molecular flexibility index (Phi) is 3.64.